The van der Waals surface area contributed by atoms with Crippen molar-refractivity contribution >= 4 is 23.6 Å². The number of likely N-dealkylation sites (tertiary alicyclic amines) is 1. The maximum absolute atomic E-state index is 11.6. The molecule has 1 fully saturated rings. The van der Waals surface area contributed by atoms with Crippen molar-refractivity contribution < 1.29 is 14.7 Å². The molecule has 6 heteroatoms. The van der Waals surface area contributed by atoms with Crippen molar-refractivity contribution in [1.29, 1.82) is 5.26 Å². The van der Waals surface area contributed by atoms with Gasteiger partial charge in [0.2, 0.25) is 5.91 Å². The topological polar surface area (TPSA) is 81.4 Å². The van der Waals surface area contributed by atoms with Gasteiger partial charge in [0.1, 0.15) is 0 Å². The van der Waals surface area contributed by atoms with Gasteiger partial charge in [-0.15, -0.1) is 11.8 Å². The summed E-state index contributed by atoms with van der Waals surface area (Å²) in [7, 11) is 0. The Morgan fingerprint density at radius 1 is 1.56 bits per heavy atom. The van der Waals surface area contributed by atoms with Crippen molar-refractivity contribution in [1.82, 2.24) is 4.90 Å². The third kappa shape index (κ3) is 3.14. The molecule has 0 bridgehead atoms. The van der Waals surface area contributed by atoms with E-state index in [0.29, 0.717) is 13.1 Å². The highest BCUT2D eigenvalue weighted by atomic mass is 32.2. The van der Waals surface area contributed by atoms with Gasteiger partial charge in [-0.3, -0.25) is 9.59 Å². The van der Waals surface area contributed by atoms with E-state index in [2.05, 4.69) is 0 Å². The van der Waals surface area contributed by atoms with Gasteiger partial charge in [0.05, 0.1) is 23.5 Å². The molecule has 0 saturated carbocycles. The molecule has 1 aliphatic heterocycles. The molecule has 1 N–H and O–H groups in total. The highest BCUT2D eigenvalue weighted by molar-refractivity contribution is 8.00. The second-order valence-electron chi connectivity index (χ2n) is 3.87. The Bertz CT molecular complexity index is 327. The fraction of sp³-hybridized carbons (Fsp3) is 0.700. The minimum atomic E-state index is -0.840. The van der Waals surface area contributed by atoms with Gasteiger partial charge in [-0.05, 0) is 5.92 Å². The smallest absolute Gasteiger partial charge is 0.308 e. The van der Waals surface area contributed by atoms with Crippen molar-refractivity contribution in [3.05, 3.63) is 0 Å². The molecule has 1 amide bonds. The molecule has 1 saturated heterocycles. The number of aliphatic carboxylic acids is 1. The van der Waals surface area contributed by atoms with Crippen molar-refractivity contribution in [3.63, 3.8) is 0 Å². The lowest BCUT2D eigenvalue weighted by molar-refractivity contribution is -0.142. The van der Waals surface area contributed by atoms with Gasteiger partial charge >= 0.3 is 5.97 Å². The van der Waals surface area contributed by atoms with Crippen LogP contribution in [0.5, 0.6) is 0 Å². The molecule has 0 radical (unpaired) electrons. The molecule has 1 aliphatic rings. The summed E-state index contributed by atoms with van der Waals surface area (Å²) in [5, 5.41) is 17.2. The highest BCUT2D eigenvalue weighted by Gasteiger charge is 2.36. The molecular weight excluding hydrogens is 228 g/mol. The van der Waals surface area contributed by atoms with E-state index in [0.717, 1.165) is 0 Å². The number of carboxylic acids is 1. The number of amides is 1. The minimum Gasteiger partial charge on any atom is -0.481 e. The van der Waals surface area contributed by atoms with Crippen LogP contribution in [0.1, 0.15) is 6.92 Å². The fourth-order valence-corrected chi connectivity index (χ4v) is 2.32. The van der Waals surface area contributed by atoms with Gasteiger partial charge in [0, 0.05) is 13.1 Å². The normalized spacial score (nSPS) is 24.1. The van der Waals surface area contributed by atoms with Crippen LogP contribution in [0.25, 0.3) is 0 Å². The van der Waals surface area contributed by atoms with Gasteiger partial charge in [-0.2, -0.15) is 5.26 Å². The lowest BCUT2D eigenvalue weighted by atomic mass is 9.99. The molecule has 0 aromatic heterocycles. The number of thioether (sulfide) groups is 1. The molecule has 0 spiro atoms. The molecular formula is C10H14N2O3S. The zero-order valence-corrected chi connectivity index (χ0v) is 9.87. The summed E-state index contributed by atoms with van der Waals surface area (Å²) in [6.07, 6.45) is 0. The monoisotopic (exact) mass is 242 g/mol. The Balaban J connectivity index is 2.43. The van der Waals surface area contributed by atoms with Crippen LogP contribution in [0.3, 0.4) is 0 Å². The predicted octanol–water partition coefficient (Wildman–Crippen LogP) is 0.422. The van der Waals surface area contributed by atoms with Crippen LogP contribution in [0.15, 0.2) is 0 Å². The summed E-state index contributed by atoms with van der Waals surface area (Å²) in [4.78, 5) is 24.1. The molecule has 1 heterocycles. The van der Waals surface area contributed by atoms with E-state index in [-0.39, 0.29) is 23.3 Å². The zero-order valence-electron chi connectivity index (χ0n) is 9.05. The molecule has 1 rings (SSSR count). The van der Waals surface area contributed by atoms with Gasteiger partial charge in [0.25, 0.3) is 0 Å². The summed E-state index contributed by atoms with van der Waals surface area (Å²) >= 11 is 1.26. The van der Waals surface area contributed by atoms with E-state index in [4.69, 9.17) is 10.4 Å². The molecule has 0 aromatic rings. The average Bonchev–Trinajstić information content (AvgIpc) is 2.60. The molecule has 0 aromatic carbocycles. The highest BCUT2D eigenvalue weighted by Crippen LogP contribution is 2.23. The van der Waals surface area contributed by atoms with Crippen molar-refractivity contribution in [2.75, 3.05) is 24.6 Å². The van der Waals surface area contributed by atoms with Crippen molar-refractivity contribution in [2.24, 2.45) is 11.8 Å². The Morgan fingerprint density at radius 2 is 2.25 bits per heavy atom. The summed E-state index contributed by atoms with van der Waals surface area (Å²) in [5.41, 5.74) is 0. The quantitative estimate of drug-likeness (QED) is 0.723. The number of carbonyl (C=O) groups is 2. The SMILES string of the molecule is CC1CN(C(=O)CSCC#N)CC1C(=O)O. The number of nitriles is 1. The first-order chi connectivity index (χ1) is 7.56. The first kappa shape index (κ1) is 12.8. The van der Waals surface area contributed by atoms with Crippen LogP contribution in [-0.2, 0) is 9.59 Å². The van der Waals surface area contributed by atoms with E-state index in [1.54, 1.807) is 4.90 Å². The van der Waals surface area contributed by atoms with E-state index in [9.17, 15) is 9.59 Å². The summed E-state index contributed by atoms with van der Waals surface area (Å²) in [5.74, 6) is -0.819. The minimum absolute atomic E-state index is 0.00224. The summed E-state index contributed by atoms with van der Waals surface area (Å²) in [6.45, 7) is 2.64. The number of carboxylic acid groups (broad SMARTS) is 1. The van der Waals surface area contributed by atoms with E-state index >= 15 is 0 Å². The fourth-order valence-electron chi connectivity index (χ4n) is 1.77. The summed E-state index contributed by atoms with van der Waals surface area (Å²) < 4.78 is 0. The van der Waals surface area contributed by atoms with E-state index < -0.39 is 11.9 Å². The Hall–Kier alpha value is -1.22. The van der Waals surface area contributed by atoms with Gasteiger partial charge in [-0.25, -0.2) is 0 Å². The maximum atomic E-state index is 11.6. The molecule has 2 unspecified atom stereocenters. The van der Waals surface area contributed by atoms with Crippen LogP contribution in [0.4, 0.5) is 0 Å². The molecule has 2 atom stereocenters. The second kappa shape index (κ2) is 5.75. The average molecular weight is 242 g/mol. The van der Waals surface area contributed by atoms with E-state index in [1.165, 1.54) is 11.8 Å². The number of hydrogen-bond acceptors (Lipinski definition) is 4. The van der Waals surface area contributed by atoms with Crippen LogP contribution in [0, 0.1) is 23.2 Å². The number of hydrogen-bond donors (Lipinski definition) is 1. The van der Waals surface area contributed by atoms with Crippen molar-refractivity contribution in [2.45, 2.75) is 6.92 Å². The lowest BCUT2D eigenvalue weighted by Gasteiger charge is -2.14. The first-order valence-electron chi connectivity index (χ1n) is 5.01. The first-order valence-corrected chi connectivity index (χ1v) is 6.17. The largest absolute Gasteiger partial charge is 0.481 e. The second-order valence-corrected chi connectivity index (χ2v) is 4.86. The molecule has 5 nitrogen and oxygen atoms in total. The predicted molar refractivity (Wildman–Crippen MR) is 59.8 cm³/mol. The third-order valence-electron chi connectivity index (χ3n) is 2.67. The van der Waals surface area contributed by atoms with Crippen molar-refractivity contribution in [3.8, 4) is 6.07 Å². The molecule has 88 valence electrons. The maximum Gasteiger partial charge on any atom is 0.308 e. The standard InChI is InChI=1S/C10H14N2O3S/c1-7-4-12(5-8(7)10(14)15)9(13)6-16-3-2-11/h7-8H,3-6H2,1H3,(H,14,15). The lowest BCUT2D eigenvalue weighted by Crippen LogP contribution is -2.31. The molecule has 16 heavy (non-hydrogen) atoms. The Labute approximate surface area is 98.4 Å². The zero-order chi connectivity index (χ0) is 12.1. The van der Waals surface area contributed by atoms with Crippen LogP contribution in [-0.4, -0.2) is 46.5 Å². The van der Waals surface area contributed by atoms with Gasteiger partial charge < -0.3 is 10.0 Å². The van der Waals surface area contributed by atoms with Crippen LogP contribution < -0.4 is 0 Å². The van der Waals surface area contributed by atoms with Gasteiger partial charge in [-0.1, -0.05) is 6.92 Å². The number of carbonyl (C=O) groups excluding carboxylic acids is 1. The van der Waals surface area contributed by atoms with Gasteiger partial charge in [0.15, 0.2) is 0 Å². The Morgan fingerprint density at radius 3 is 2.75 bits per heavy atom. The van der Waals surface area contributed by atoms with E-state index in [1.807, 2.05) is 13.0 Å². The third-order valence-corrected chi connectivity index (χ3v) is 3.46. The Kier molecular flexibility index (Phi) is 4.62. The number of rotatable bonds is 4. The number of nitrogens with zero attached hydrogens (tertiary/aromatic N) is 2. The van der Waals surface area contributed by atoms with Crippen LogP contribution >= 0.6 is 11.8 Å². The van der Waals surface area contributed by atoms with Crippen LogP contribution in [0.2, 0.25) is 0 Å². The summed E-state index contributed by atoms with van der Waals surface area (Å²) in [6, 6.07) is 1.95. The molecule has 0 aliphatic carbocycles.